The molecule has 2 bridgehead atoms. The summed E-state index contributed by atoms with van der Waals surface area (Å²) in [6.07, 6.45) is 9.81. The second-order valence-electron chi connectivity index (χ2n) is 7.01. The van der Waals surface area contributed by atoms with Gasteiger partial charge in [0.05, 0.1) is 0 Å². The van der Waals surface area contributed by atoms with Gasteiger partial charge in [-0.15, -0.1) is 0 Å². The van der Waals surface area contributed by atoms with Crippen LogP contribution in [0.4, 0.5) is 0 Å². The Morgan fingerprint density at radius 2 is 1.74 bits per heavy atom. The molecule has 112 valence electrons. The second-order valence-corrected chi connectivity index (χ2v) is 7.01. The van der Waals surface area contributed by atoms with E-state index in [0.717, 1.165) is 36.6 Å². The Morgan fingerprint density at radius 1 is 1.11 bits per heavy atom. The zero-order chi connectivity index (χ0) is 13.8. The summed E-state index contributed by atoms with van der Waals surface area (Å²) in [7, 11) is 0. The molecule has 0 aromatic heterocycles. The smallest absolute Gasteiger partial charge is 0.0116 e. The summed E-state index contributed by atoms with van der Waals surface area (Å²) < 4.78 is 0. The highest BCUT2D eigenvalue weighted by Crippen LogP contribution is 2.36. The molecule has 2 heteroatoms. The van der Waals surface area contributed by atoms with Gasteiger partial charge in [0.15, 0.2) is 0 Å². The van der Waals surface area contributed by atoms with E-state index in [0.29, 0.717) is 0 Å². The van der Waals surface area contributed by atoms with E-state index in [9.17, 15) is 0 Å². The zero-order valence-corrected chi connectivity index (χ0v) is 13.5. The van der Waals surface area contributed by atoms with Gasteiger partial charge in [-0.2, -0.15) is 0 Å². The summed E-state index contributed by atoms with van der Waals surface area (Å²) in [5.41, 5.74) is 0. The molecule has 0 amide bonds. The van der Waals surface area contributed by atoms with Crippen LogP contribution in [0, 0.1) is 5.92 Å². The Morgan fingerprint density at radius 3 is 2.26 bits per heavy atom. The van der Waals surface area contributed by atoms with Crippen LogP contribution in [-0.4, -0.2) is 35.6 Å². The topological polar surface area (TPSA) is 15.3 Å². The second kappa shape index (κ2) is 7.08. The lowest BCUT2D eigenvalue weighted by molar-refractivity contribution is -0.0115. The quantitative estimate of drug-likeness (QED) is 0.786. The molecule has 0 aromatic carbocycles. The Labute approximate surface area is 120 Å². The first-order valence-electron chi connectivity index (χ1n) is 8.66. The lowest BCUT2D eigenvalue weighted by Gasteiger charge is -2.52. The first kappa shape index (κ1) is 15.3. The molecule has 4 atom stereocenters. The maximum Gasteiger partial charge on any atom is 0.0116 e. The van der Waals surface area contributed by atoms with Gasteiger partial charge in [-0.25, -0.2) is 0 Å². The third-order valence-corrected chi connectivity index (χ3v) is 5.47. The van der Waals surface area contributed by atoms with Crippen LogP contribution in [0.1, 0.15) is 72.6 Å². The molecule has 0 spiro atoms. The highest BCUT2D eigenvalue weighted by molar-refractivity contribution is 4.97. The van der Waals surface area contributed by atoms with Crippen molar-refractivity contribution in [2.24, 2.45) is 5.92 Å². The third-order valence-electron chi connectivity index (χ3n) is 5.47. The lowest BCUT2D eigenvalue weighted by atomic mass is 9.80. The summed E-state index contributed by atoms with van der Waals surface area (Å²) in [5, 5.41) is 3.70. The number of nitrogens with one attached hydrogen (secondary N) is 1. The number of rotatable bonds is 6. The van der Waals surface area contributed by atoms with Crippen LogP contribution >= 0.6 is 0 Å². The van der Waals surface area contributed by atoms with Crippen molar-refractivity contribution in [2.75, 3.05) is 6.54 Å². The van der Waals surface area contributed by atoms with Crippen molar-refractivity contribution in [1.82, 2.24) is 10.2 Å². The first-order chi connectivity index (χ1) is 9.15. The molecular formula is C17H34N2. The average molecular weight is 266 g/mol. The molecule has 0 aliphatic carbocycles. The van der Waals surface area contributed by atoms with Crippen molar-refractivity contribution < 1.29 is 0 Å². The number of piperidine rings is 2. The predicted molar refractivity (Wildman–Crippen MR) is 83.5 cm³/mol. The fourth-order valence-corrected chi connectivity index (χ4v) is 4.46. The third kappa shape index (κ3) is 3.72. The van der Waals surface area contributed by atoms with E-state index < -0.39 is 0 Å². The Balaban J connectivity index is 1.97. The van der Waals surface area contributed by atoms with E-state index >= 15 is 0 Å². The van der Waals surface area contributed by atoms with Gasteiger partial charge in [0.25, 0.3) is 0 Å². The van der Waals surface area contributed by atoms with Gasteiger partial charge in [-0.05, 0) is 51.5 Å². The Kier molecular flexibility index (Phi) is 5.70. The summed E-state index contributed by atoms with van der Waals surface area (Å²) in [6, 6.07) is 3.28. The van der Waals surface area contributed by atoms with Crippen molar-refractivity contribution in [3.63, 3.8) is 0 Å². The van der Waals surface area contributed by atoms with Crippen molar-refractivity contribution in [3.8, 4) is 0 Å². The fraction of sp³-hybridized carbons (Fsp3) is 1.00. The molecule has 4 unspecified atom stereocenters. The number of nitrogens with zero attached hydrogens (tertiary/aromatic N) is 1. The standard InChI is InChI=1S/C17H34N2/c1-5-13(3)10-14(4)19-16-8-7-9-17(19)12-15(11-16)18-6-2/h13-18H,5-12H2,1-4H3. The summed E-state index contributed by atoms with van der Waals surface area (Å²) in [4.78, 5) is 2.91. The molecular weight excluding hydrogens is 232 g/mol. The fourth-order valence-electron chi connectivity index (χ4n) is 4.46. The molecule has 1 N–H and O–H groups in total. The Bertz CT molecular complexity index is 252. The summed E-state index contributed by atoms with van der Waals surface area (Å²) in [5.74, 6) is 0.877. The Hall–Kier alpha value is -0.0800. The molecule has 0 radical (unpaired) electrons. The highest BCUT2D eigenvalue weighted by Gasteiger charge is 2.40. The van der Waals surface area contributed by atoms with Gasteiger partial charge in [0.2, 0.25) is 0 Å². The molecule has 2 aliphatic heterocycles. The number of hydrogen-bond donors (Lipinski definition) is 1. The van der Waals surface area contributed by atoms with E-state index in [1.54, 1.807) is 0 Å². The van der Waals surface area contributed by atoms with Gasteiger partial charge >= 0.3 is 0 Å². The van der Waals surface area contributed by atoms with Crippen LogP contribution in [0.3, 0.4) is 0 Å². The zero-order valence-electron chi connectivity index (χ0n) is 13.5. The lowest BCUT2D eigenvalue weighted by Crippen LogP contribution is -2.59. The van der Waals surface area contributed by atoms with Crippen LogP contribution in [0.5, 0.6) is 0 Å². The van der Waals surface area contributed by atoms with Crippen LogP contribution in [0.2, 0.25) is 0 Å². The van der Waals surface area contributed by atoms with Crippen LogP contribution in [0.15, 0.2) is 0 Å². The highest BCUT2D eigenvalue weighted by atomic mass is 15.2. The molecule has 19 heavy (non-hydrogen) atoms. The molecule has 2 saturated heterocycles. The van der Waals surface area contributed by atoms with Gasteiger partial charge in [-0.1, -0.05) is 33.6 Å². The average Bonchev–Trinajstić information content (AvgIpc) is 2.37. The molecule has 2 fully saturated rings. The van der Waals surface area contributed by atoms with Crippen molar-refractivity contribution in [2.45, 2.75) is 96.8 Å². The molecule has 2 rings (SSSR count). The molecule has 2 heterocycles. The monoisotopic (exact) mass is 266 g/mol. The van der Waals surface area contributed by atoms with Crippen LogP contribution in [-0.2, 0) is 0 Å². The molecule has 2 nitrogen and oxygen atoms in total. The van der Waals surface area contributed by atoms with E-state index in [1.165, 1.54) is 44.9 Å². The van der Waals surface area contributed by atoms with E-state index in [-0.39, 0.29) is 0 Å². The van der Waals surface area contributed by atoms with Gasteiger partial charge in [0.1, 0.15) is 0 Å². The number of hydrogen-bond acceptors (Lipinski definition) is 2. The van der Waals surface area contributed by atoms with E-state index in [1.807, 2.05) is 0 Å². The minimum Gasteiger partial charge on any atom is -0.314 e. The maximum absolute atomic E-state index is 3.70. The summed E-state index contributed by atoms with van der Waals surface area (Å²) >= 11 is 0. The number of fused-ring (bicyclic) bond motifs is 2. The SMILES string of the molecule is CCNC1CC2CCCC(C1)N2C(C)CC(C)CC. The van der Waals surface area contributed by atoms with Gasteiger partial charge in [-0.3, -0.25) is 4.90 Å². The molecule has 2 aliphatic rings. The first-order valence-corrected chi connectivity index (χ1v) is 8.66. The van der Waals surface area contributed by atoms with Crippen molar-refractivity contribution in [1.29, 1.82) is 0 Å². The minimum absolute atomic E-state index is 0.785. The van der Waals surface area contributed by atoms with Crippen LogP contribution < -0.4 is 5.32 Å². The van der Waals surface area contributed by atoms with Crippen molar-refractivity contribution >= 4 is 0 Å². The van der Waals surface area contributed by atoms with Gasteiger partial charge in [0, 0.05) is 24.2 Å². The molecule has 0 aromatic rings. The van der Waals surface area contributed by atoms with E-state index in [4.69, 9.17) is 0 Å². The van der Waals surface area contributed by atoms with Crippen LogP contribution in [0.25, 0.3) is 0 Å². The minimum atomic E-state index is 0.785. The van der Waals surface area contributed by atoms with Crippen molar-refractivity contribution in [3.05, 3.63) is 0 Å². The normalized spacial score (nSPS) is 35.1. The van der Waals surface area contributed by atoms with E-state index in [2.05, 4.69) is 37.9 Å². The molecule has 0 saturated carbocycles. The summed E-state index contributed by atoms with van der Waals surface area (Å²) in [6.45, 7) is 10.6. The van der Waals surface area contributed by atoms with Gasteiger partial charge < -0.3 is 5.32 Å². The predicted octanol–water partition coefficient (Wildman–Crippen LogP) is 3.81. The maximum atomic E-state index is 3.70. The largest absolute Gasteiger partial charge is 0.314 e.